The molecule has 1 spiro atoms. The van der Waals surface area contributed by atoms with Gasteiger partial charge >= 0.3 is 6.09 Å². The molecule has 6 heteroatoms. The second-order valence-corrected chi connectivity index (χ2v) is 14.5. The van der Waals surface area contributed by atoms with Crippen LogP contribution in [0.2, 0.25) is 0 Å². The Kier molecular flexibility index (Phi) is 8.57. The molecule has 1 atom stereocenters. The van der Waals surface area contributed by atoms with Crippen molar-refractivity contribution >= 4 is 6.09 Å². The molecule has 2 saturated carbocycles. The van der Waals surface area contributed by atoms with Crippen LogP contribution in [0.15, 0.2) is 48.5 Å². The number of nitrogens with zero attached hydrogens (tertiary/aromatic N) is 3. The van der Waals surface area contributed by atoms with Gasteiger partial charge in [-0.25, -0.2) is 4.79 Å². The summed E-state index contributed by atoms with van der Waals surface area (Å²) in [6, 6.07) is 19.1. The van der Waals surface area contributed by atoms with E-state index in [0.717, 1.165) is 57.9 Å². The molecular formula is C36H51N3O3. The van der Waals surface area contributed by atoms with Crippen LogP contribution in [0.25, 0.3) is 0 Å². The molecular weight excluding hydrogens is 522 g/mol. The van der Waals surface area contributed by atoms with Gasteiger partial charge in [0.2, 0.25) is 0 Å². The third-order valence-corrected chi connectivity index (χ3v) is 10.5. The molecule has 2 heterocycles. The molecule has 2 aromatic rings. The number of likely N-dealkylation sites (tertiary alicyclic amines) is 1. The maximum Gasteiger partial charge on any atom is 0.410 e. The van der Waals surface area contributed by atoms with Gasteiger partial charge in [0, 0.05) is 51.4 Å². The van der Waals surface area contributed by atoms with Crippen LogP contribution in [-0.4, -0.2) is 72.3 Å². The van der Waals surface area contributed by atoms with E-state index in [1.165, 1.54) is 44.1 Å². The molecule has 42 heavy (non-hydrogen) atoms. The highest BCUT2D eigenvalue weighted by Crippen LogP contribution is 2.53. The molecule has 2 aliphatic carbocycles. The van der Waals surface area contributed by atoms with E-state index >= 15 is 0 Å². The summed E-state index contributed by atoms with van der Waals surface area (Å²) in [5.41, 5.74) is 4.48. The van der Waals surface area contributed by atoms with Crippen LogP contribution in [0.5, 0.6) is 5.75 Å². The van der Waals surface area contributed by atoms with Crippen molar-refractivity contribution in [3.05, 3.63) is 65.2 Å². The molecule has 2 saturated heterocycles. The summed E-state index contributed by atoms with van der Waals surface area (Å²) in [4.78, 5) is 20.1. The van der Waals surface area contributed by atoms with Crippen molar-refractivity contribution in [1.29, 1.82) is 0 Å². The first-order valence-electron chi connectivity index (χ1n) is 16.4. The number of piperazine rings is 1. The minimum Gasteiger partial charge on any atom is -0.497 e. The Morgan fingerprint density at radius 3 is 2.21 bits per heavy atom. The number of methoxy groups -OCH3 is 1. The predicted octanol–water partition coefficient (Wildman–Crippen LogP) is 7.39. The van der Waals surface area contributed by atoms with Crippen LogP contribution in [0.1, 0.15) is 101 Å². The van der Waals surface area contributed by atoms with E-state index in [1.54, 1.807) is 18.2 Å². The molecule has 1 unspecified atom stereocenters. The second kappa shape index (κ2) is 12.2. The summed E-state index contributed by atoms with van der Waals surface area (Å²) < 4.78 is 11.1. The van der Waals surface area contributed by atoms with E-state index in [2.05, 4.69) is 58.3 Å². The zero-order valence-corrected chi connectivity index (χ0v) is 26.3. The SMILES string of the molecule is COc1ccc(CN2CCN(C3CC4(CCN(C(=O)OC(C)(C)C)CC4)C3)C(c3ccccc3C3CCCC3)C2)cc1. The number of piperidine rings is 1. The molecule has 4 aliphatic rings. The van der Waals surface area contributed by atoms with Crippen LogP contribution in [0, 0.1) is 5.41 Å². The summed E-state index contributed by atoms with van der Waals surface area (Å²) in [7, 11) is 1.73. The fourth-order valence-electron chi connectivity index (χ4n) is 8.20. The normalized spacial score (nSPS) is 24.1. The lowest BCUT2D eigenvalue weighted by atomic mass is 9.59. The van der Waals surface area contributed by atoms with Gasteiger partial charge in [-0.3, -0.25) is 9.80 Å². The maximum absolute atomic E-state index is 12.7. The highest BCUT2D eigenvalue weighted by Gasteiger charge is 2.50. The molecule has 1 amide bonds. The number of carbonyl (C=O) groups excluding carboxylic acids is 1. The van der Waals surface area contributed by atoms with Gasteiger partial charge in [0.15, 0.2) is 0 Å². The quantitative estimate of drug-likeness (QED) is 0.361. The van der Waals surface area contributed by atoms with E-state index in [-0.39, 0.29) is 6.09 Å². The lowest BCUT2D eigenvalue weighted by Crippen LogP contribution is -2.60. The summed E-state index contributed by atoms with van der Waals surface area (Å²) in [6.07, 6.45) is 9.97. The average molecular weight is 574 g/mol. The fourth-order valence-corrected chi connectivity index (χ4v) is 8.20. The smallest absolute Gasteiger partial charge is 0.410 e. The molecule has 4 fully saturated rings. The number of carbonyl (C=O) groups is 1. The number of hydrogen-bond donors (Lipinski definition) is 0. The Morgan fingerprint density at radius 2 is 1.57 bits per heavy atom. The van der Waals surface area contributed by atoms with Crippen LogP contribution < -0.4 is 4.74 Å². The molecule has 0 radical (unpaired) electrons. The van der Waals surface area contributed by atoms with E-state index in [9.17, 15) is 4.79 Å². The number of rotatable bonds is 6. The molecule has 6 nitrogen and oxygen atoms in total. The Hall–Kier alpha value is -2.57. The van der Waals surface area contributed by atoms with Crippen molar-refractivity contribution in [2.24, 2.45) is 5.41 Å². The Labute approximate surface area is 253 Å². The van der Waals surface area contributed by atoms with Crippen molar-refractivity contribution in [2.75, 3.05) is 39.8 Å². The minimum absolute atomic E-state index is 0.148. The van der Waals surface area contributed by atoms with Crippen molar-refractivity contribution < 1.29 is 14.3 Å². The predicted molar refractivity (Wildman–Crippen MR) is 168 cm³/mol. The lowest BCUT2D eigenvalue weighted by molar-refractivity contribution is -0.0782. The zero-order valence-electron chi connectivity index (χ0n) is 26.3. The fraction of sp³-hybridized carbons (Fsp3) is 0.639. The molecule has 0 aromatic heterocycles. The minimum atomic E-state index is -0.437. The highest BCUT2D eigenvalue weighted by molar-refractivity contribution is 5.68. The van der Waals surface area contributed by atoms with Gasteiger partial charge in [-0.15, -0.1) is 0 Å². The first-order valence-corrected chi connectivity index (χ1v) is 16.4. The monoisotopic (exact) mass is 573 g/mol. The van der Waals surface area contributed by atoms with Crippen LogP contribution in [0.4, 0.5) is 4.79 Å². The van der Waals surface area contributed by atoms with Crippen molar-refractivity contribution in [2.45, 2.75) is 102 Å². The van der Waals surface area contributed by atoms with Gasteiger partial charge in [0.05, 0.1) is 7.11 Å². The standard InChI is InChI=1S/C36H51N3O3/c1-35(2,3)42-34(40)38-19-17-36(18-20-38)23-29(24-36)39-22-21-37(25-27-13-15-30(41-4)16-14-27)26-33(39)32-12-8-7-11-31(32)28-9-5-6-10-28/h7-8,11-16,28-29,33H,5-6,9-10,17-26H2,1-4H3. The molecule has 6 rings (SSSR count). The van der Waals surface area contributed by atoms with Crippen LogP contribution >= 0.6 is 0 Å². The van der Waals surface area contributed by atoms with E-state index in [0.29, 0.717) is 23.4 Å². The summed E-state index contributed by atoms with van der Waals surface area (Å²) in [5, 5.41) is 0. The maximum atomic E-state index is 12.7. The van der Waals surface area contributed by atoms with E-state index in [1.807, 2.05) is 25.7 Å². The largest absolute Gasteiger partial charge is 0.497 e. The van der Waals surface area contributed by atoms with Gasteiger partial charge in [-0.2, -0.15) is 0 Å². The molecule has 0 bridgehead atoms. The number of hydrogen-bond acceptors (Lipinski definition) is 5. The Balaban J connectivity index is 1.16. The van der Waals surface area contributed by atoms with Crippen molar-refractivity contribution in [3.8, 4) is 5.75 Å². The van der Waals surface area contributed by atoms with Crippen LogP contribution in [0.3, 0.4) is 0 Å². The second-order valence-electron chi connectivity index (χ2n) is 14.5. The average Bonchev–Trinajstić information content (AvgIpc) is 3.51. The van der Waals surface area contributed by atoms with Gasteiger partial charge in [-0.1, -0.05) is 49.2 Å². The molecule has 2 aromatic carbocycles. The summed E-state index contributed by atoms with van der Waals surface area (Å²) >= 11 is 0. The zero-order chi connectivity index (χ0) is 29.3. The molecule has 0 N–H and O–H groups in total. The topological polar surface area (TPSA) is 45.2 Å². The molecule has 2 aliphatic heterocycles. The van der Waals surface area contributed by atoms with Crippen molar-refractivity contribution in [1.82, 2.24) is 14.7 Å². The lowest BCUT2D eigenvalue weighted by Gasteiger charge is -2.58. The summed E-state index contributed by atoms with van der Waals surface area (Å²) in [6.45, 7) is 11.8. The van der Waals surface area contributed by atoms with E-state index < -0.39 is 5.60 Å². The van der Waals surface area contributed by atoms with Crippen molar-refractivity contribution in [3.63, 3.8) is 0 Å². The number of ether oxygens (including phenoxy) is 2. The first-order chi connectivity index (χ1) is 20.2. The highest BCUT2D eigenvalue weighted by atomic mass is 16.6. The van der Waals surface area contributed by atoms with Gasteiger partial charge in [0.1, 0.15) is 11.4 Å². The third kappa shape index (κ3) is 6.50. The van der Waals surface area contributed by atoms with Gasteiger partial charge < -0.3 is 14.4 Å². The van der Waals surface area contributed by atoms with E-state index in [4.69, 9.17) is 9.47 Å². The van der Waals surface area contributed by atoms with Gasteiger partial charge in [-0.05, 0) is 99.5 Å². The first kappa shape index (κ1) is 29.5. The Morgan fingerprint density at radius 1 is 0.905 bits per heavy atom. The molecule has 228 valence electrons. The third-order valence-electron chi connectivity index (χ3n) is 10.5. The Bertz CT molecular complexity index is 1200. The van der Waals surface area contributed by atoms with Gasteiger partial charge in [0.25, 0.3) is 0 Å². The number of benzene rings is 2. The summed E-state index contributed by atoms with van der Waals surface area (Å²) in [5.74, 6) is 1.63. The number of amides is 1. The van der Waals surface area contributed by atoms with Crippen LogP contribution in [-0.2, 0) is 11.3 Å².